The molecule has 0 radical (unpaired) electrons. The van der Waals surface area contributed by atoms with E-state index in [1.54, 1.807) is 0 Å². The van der Waals surface area contributed by atoms with Gasteiger partial charge in [-0.3, -0.25) is 0 Å². The van der Waals surface area contributed by atoms with Gasteiger partial charge in [-0.05, 0) is 17.7 Å². The summed E-state index contributed by atoms with van der Waals surface area (Å²) in [4.78, 5) is 0. The van der Waals surface area contributed by atoms with E-state index in [9.17, 15) is 8.78 Å². The van der Waals surface area contributed by atoms with E-state index < -0.39 is 11.6 Å². The van der Waals surface area contributed by atoms with E-state index in [1.807, 2.05) is 0 Å². The minimum atomic E-state index is -0.623. The molecule has 1 heterocycles. The van der Waals surface area contributed by atoms with E-state index in [0.29, 0.717) is 5.56 Å². The molecule has 1 saturated heterocycles. The van der Waals surface area contributed by atoms with Crippen LogP contribution in [0.2, 0.25) is 0 Å². The molecule has 0 aliphatic carbocycles. The van der Waals surface area contributed by atoms with E-state index in [-0.39, 0.29) is 18.8 Å². The molecule has 0 aromatic heterocycles. The Bertz CT molecular complexity index is 307. The number of rotatable bonds is 2. The molecule has 0 spiro atoms. The summed E-state index contributed by atoms with van der Waals surface area (Å²) in [6, 6.07) is 3.23. The number of hydrogen-bond acceptors (Lipinski definition) is 2. The monoisotopic (exact) mass is 186 g/mol. The zero-order valence-electron chi connectivity index (χ0n) is 6.71. The number of halogens is 2. The Hall–Kier alpha value is -1.00. The third-order valence-corrected chi connectivity index (χ3v) is 1.98. The highest BCUT2D eigenvalue weighted by molar-refractivity contribution is 5.24. The van der Waals surface area contributed by atoms with E-state index >= 15 is 0 Å². The van der Waals surface area contributed by atoms with Crippen LogP contribution in [0, 0.1) is 11.6 Å². The predicted octanol–water partition coefficient (Wildman–Crippen LogP) is 1.40. The lowest BCUT2D eigenvalue weighted by Crippen LogP contribution is -1.95. The fourth-order valence-corrected chi connectivity index (χ4v) is 1.31. The van der Waals surface area contributed by atoms with Crippen molar-refractivity contribution in [2.75, 3.05) is 6.61 Å². The largest absolute Gasteiger partial charge is 0.394 e. The molecule has 13 heavy (non-hydrogen) atoms. The zero-order chi connectivity index (χ0) is 9.42. The van der Waals surface area contributed by atoms with Crippen molar-refractivity contribution >= 4 is 0 Å². The SMILES string of the molecule is OC[C@H]1O[C@@H]1c1cc(F)cc(F)c1. The second-order valence-electron chi connectivity index (χ2n) is 2.98. The van der Waals surface area contributed by atoms with Gasteiger partial charge in [0, 0.05) is 6.07 Å². The van der Waals surface area contributed by atoms with Gasteiger partial charge in [0.15, 0.2) is 0 Å². The van der Waals surface area contributed by atoms with Crippen LogP contribution in [0.4, 0.5) is 8.78 Å². The van der Waals surface area contributed by atoms with Crippen molar-refractivity contribution < 1.29 is 18.6 Å². The van der Waals surface area contributed by atoms with Crippen LogP contribution < -0.4 is 0 Å². The number of hydrogen-bond donors (Lipinski definition) is 1. The molecular formula is C9H8F2O2. The third kappa shape index (κ3) is 1.68. The fourth-order valence-electron chi connectivity index (χ4n) is 1.31. The Morgan fingerprint density at radius 3 is 2.31 bits per heavy atom. The van der Waals surface area contributed by atoms with E-state index in [2.05, 4.69) is 0 Å². The number of aliphatic hydroxyl groups excluding tert-OH is 1. The van der Waals surface area contributed by atoms with Gasteiger partial charge in [-0.25, -0.2) is 8.78 Å². The summed E-state index contributed by atoms with van der Waals surface area (Å²) in [7, 11) is 0. The van der Waals surface area contributed by atoms with Crippen LogP contribution in [0.25, 0.3) is 0 Å². The Morgan fingerprint density at radius 1 is 1.23 bits per heavy atom. The van der Waals surface area contributed by atoms with Crippen molar-refractivity contribution in [2.45, 2.75) is 12.2 Å². The van der Waals surface area contributed by atoms with Gasteiger partial charge in [0.2, 0.25) is 0 Å². The maximum absolute atomic E-state index is 12.7. The minimum Gasteiger partial charge on any atom is -0.394 e. The average Bonchev–Trinajstić information content (AvgIpc) is 2.80. The Balaban J connectivity index is 2.22. The third-order valence-electron chi connectivity index (χ3n) is 1.98. The first kappa shape index (κ1) is 8.59. The molecule has 1 aliphatic rings. The second kappa shape index (κ2) is 3.05. The van der Waals surface area contributed by atoms with Gasteiger partial charge in [-0.2, -0.15) is 0 Å². The van der Waals surface area contributed by atoms with Crippen LogP contribution in [-0.2, 0) is 4.74 Å². The molecule has 1 aromatic carbocycles. The molecule has 4 heteroatoms. The molecule has 0 amide bonds. The van der Waals surface area contributed by atoms with Gasteiger partial charge in [-0.15, -0.1) is 0 Å². The van der Waals surface area contributed by atoms with Gasteiger partial charge < -0.3 is 9.84 Å². The molecule has 2 atom stereocenters. The van der Waals surface area contributed by atoms with Gasteiger partial charge in [-0.1, -0.05) is 0 Å². The first-order valence-corrected chi connectivity index (χ1v) is 3.93. The molecule has 0 unspecified atom stereocenters. The van der Waals surface area contributed by atoms with E-state index in [1.165, 1.54) is 12.1 Å². The van der Waals surface area contributed by atoms with Crippen LogP contribution >= 0.6 is 0 Å². The Morgan fingerprint density at radius 2 is 1.85 bits per heavy atom. The van der Waals surface area contributed by atoms with Crippen LogP contribution in [-0.4, -0.2) is 17.8 Å². The normalized spacial score (nSPS) is 26.1. The standard InChI is InChI=1S/C9H8F2O2/c10-6-1-5(2-7(11)3-6)9-8(4-12)13-9/h1-3,8-9,12H,4H2/t8-,9-/m1/s1. The topological polar surface area (TPSA) is 32.8 Å². The number of benzene rings is 1. The first-order chi connectivity index (χ1) is 6.20. The lowest BCUT2D eigenvalue weighted by molar-refractivity contribution is 0.242. The van der Waals surface area contributed by atoms with Crippen LogP contribution in [0.5, 0.6) is 0 Å². The minimum absolute atomic E-state index is 0.122. The van der Waals surface area contributed by atoms with Crippen molar-refractivity contribution in [3.05, 3.63) is 35.4 Å². The highest BCUT2D eigenvalue weighted by Crippen LogP contribution is 2.38. The molecule has 2 rings (SSSR count). The summed E-state index contributed by atoms with van der Waals surface area (Å²) < 4.78 is 30.4. The van der Waals surface area contributed by atoms with Crippen molar-refractivity contribution in [1.82, 2.24) is 0 Å². The Kier molecular flexibility index (Phi) is 2.01. The fraction of sp³-hybridized carbons (Fsp3) is 0.333. The van der Waals surface area contributed by atoms with Crippen molar-refractivity contribution in [2.24, 2.45) is 0 Å². The van der Waals surface area contributed by atoms with Crippen LogP contribution in [0.3, 0.4) is 0 Å². The molecule has 1 N–H and O–H groups in total. The van der Waals surface area contributed by atoms with Gasteiger partial charge in [0.05, 0.1) is 6.61 Å². The zero-order valence-corrected chi connectivity index (χ0v) is 6.71. The van der Waals surface area contributed by atoms with E-state index in [4.69, 9.17) is 9.84 Å². The highest BCUT2D eigenvalue weighted by Gasteiger charge is 2.39. The summed E-state index contributed by atoms with van der Waals surface area (Å²) in [5, 5.41) is 8.66. The molecule has 0 bridgehead atoms. The molecule has 70 valence electrons. The maximum Gasteiger partial charge on any atom is 0.126 e. The summed E-state index contributed by atoms with van der Waals surface area (Å²) in [6.45, 7) is -0.122. The lowest BCUT2D eigenvalue weighted by Gasteiger charge is -1.96. The Labute approximate surface area is 73.8 Å². The maximum atomic E-state index is 12.7. The molecule has 1 aliphatic heterocycles. The lowest BCUT2D eigenvalue weighted by atomic mass is 10.1. The van der Waals surface area contributed by atoms with Gasteiger partial charge >= 0.3 is 0 Å². The molecule has 1 aromatic rings. The smallest absolute Gasteiger partial charge is 0.126 e. The number of epoxide rings is 1. The first-order valence-electron chi connectivity index (χ1n) is 3.93. The molecular weight excluding hydrogens is 178 g/mol. The number of aliphatic hydroxyl groups is 1. The van der Waals surface area contributed by atoms with E-state index in [0.717, 1.165) is 6.07 Å². The summed E-state index contributed by atoms with van der Waals surface area (Å²) >= 11 is 0. The van der Waals surface area contributed by atoms with Crippen molar-refractivity contribution in [3.63, 3.8) is 0 Å². The van der Waals surface area contributed by atoms with Crippen molar-refractivity contribution in [1.29, 1.82) is 0 Å². The predicted molar refractivity (Wildman–Crippen MR) is 41.1 cm³/mol. The summed E-state index contributed by atoms with van der Waals surface area (Å²) in [6.07, 6.45) is -0.656. The quantitative estimate of drug-likeness (QED) is 0.708. The van der Waals surface area contributed by atoms with Gasteiger partial charge in [0.1, 0.15) is 23.8 Å². The summed E-state index contributed by atoms with van der Waals surface area (Å²) in [5.41, 5.74) is 0.441. The molecule has 1 fully saturated rings. The summed E-state index contributed by atoms with van der Waals surface area (Å²) in [5.74, 6) is -1.25. The highest BCUT2D eigenvalue weighted by atomic mass is 19.1. The van der Waals surface area contributed by atoms with Crippen molar-refractivity contribution in [3.8, 4) is 0 Å². The second-order valence-corrected chi connectivity index (χ2v) is 2.98. The average molecular weight is 186 g/mol. The molecule has 0 saturated carbocycles. The van der Waals surface area contributed by atoms with Crippen LogP contribution in [0.15, 0.2) is 18.2 Å². The number of ether oxygens (including phenoxy) is 1. The van der Waals surface area contributed by atoms with Gasteiger partial charge in [0.25, 0.3) is 0 Å². The molecule has 2 nitrogen and oxygen atoms in total. The van der Waals surface area contributed by atoms with Crippen LogP contribution in [0.1, 0.15) is 11.7 Å².